The van der Waals surface area contributed by atoms with Crippen LogP contribution in [0.2, 0.25) is 0 Å². The van der Waals surface area contributed by atoms with Crippen LogP contribution in [0, 0.1) is 0 Å². The maximum atomic E-state index is 9.97. The molecule has 0 aromatic heterocycles. The summed E-state index contributed by atoms with van der Waals surface area (Å²) in [5.74, 6) is -0.935. The Morgan fingerprint density at radius 1 is 1.55 bits per heavy atom. The highest BCUT2D eigenvalue weighted by molar-refractivity contribution is 5.66. The molecule has 0 saturated carbocycles. The van der Waals surface area contributed by atoms with E-state index in [0.717, 1.165) is 0 Å². The van der Waals surface area contributed by atoms with Gasteiger partial charge in [0.15, 0.2) is 0 Å². The number of hydrogen-bond donors (Lipinski definition) is 4. The zero-order valence-electron chi connectivity index (χ0n) is 6.32. The quantitative estimate of drug-likeness (QED) is 0.380. The van der Waals surface area contributed by atoms with Gasteiger partial charge in [0.25, 0.3) is 0 Å². The van der Waals surface area contributed by atoms with Crippen molar-refractivity contribution in [3.05, 3.63) is 0 Å². The van der Waals surface area contributed by atoms with E-state index in [2.05, 4.69) is 5.32 Å². The smallest absolute Gasteiger partial charge is 0.304 e. The first-order chi connectivity index (χ1) is 5.04. The molecule has 66 valence electrons. The first kappa shape index (κ1) is 10.3. The summed E-state index contributed by atoms with van der Waals surface area (Å²) >= 11 is 0. The van der Waals surface area contributed by atoms with Gasteiger partial charge in [-0.05, 0) is 6.92 Å². The second-order valence-electron chi connectivity index (χ2n) is 2.28. The molecule has 4 N–H and O–H groups in total. The zero-order chi connectivity index (χ0) is 8.85. The molecule has 0 aromatic rings. The minimum atomic E-state index is -1.05. The Morgan fingerprint density at radius 3 is 2.45 bits per heavy atom. The predicted molar refractivity (Wildman–Crippen MR) is 37.9 cm³/mol. The van der Waals surface area contributed by atoms with Gasteiger partial charge < -0.3 is 15.3 Å². The highest BCUT2D eigenvalue weighted by Crippen LogP contribution is 1.86. The van der Waals surface area contributed by atoms with Gasteiger partial charge in [0.05, 0.1) is 12.5 Å². The first-order valence-electron chi connectivity index (χ1n) is 3.35. The lowest BCUT2D eigenvalue weighted by Gasteiger charge is -2.13. The molecule has 0 saturated heterocycles. The largest absolute Gasteiger partial charge is 0.481 e. The lowest BCUT2D eigenvalue weighted by Crippen LogP contribution is -2.38. The van der Waals surface area contributed by atoms with Crippen LogP contribution in [-0.4, -0.2) is 40.2 Å². The molecule has 2 atom stereocenters. The van der Waals surface area contributed by atoms with E-state index in [1.165, 1.54) is 6.92 Å². The molecule has 5 heteroatoms. The molecule has 0 aliphatic rings. The number of carboxylic acid groups (broad SMARTS) is 1. The van der Waals surface area contributed by atoms with Crippen molar-refractivity contribution in [1.82, 2.24) is 5.32 Å². The van der Waals surface area contributed by atoms with E-state index in [-0.39, 0.29) is 13.0 Å². The van der Waals surface area contributed by atoms with Crippen LogP contribution in [0.4, 0.5) is 0 Å². The molecule has 5 nitrogen and oxygen atoms in total. The summed E-state index contributed by atoms with van der Waals surface area (Å²) in [6.45, 7) is 1.57. The van der Waals surface area contributed by atoms with Gasteiger partial charge in [0, 0.05) is 6.54 Å². The molecule has 2 unspecified atom stereocenters. The van der Waals surface area contributed by atoms with Crippen molar-refractivity contribution in [3.8, 4) is 0 Å². The third-order valence-corrected chi connectivity index (χ3v) is 1.15. The first-order valence-corrected chi connectivity index (χ1v) is 3.35. The summed E-state index contributed by atoms with van der Waals surface area (Å²) in [5, 5.41) is 28.2. The van der Waals surface area contributed by atoms with Gasteiger partial charge >= 0.3 is 5.97 Å². The Bertz CT molecular complexity index is 126. The summed E-state index contributed by atoms with van der Waals surface area (Å²) in [7, 11) is 0. The lowest BCUT2D eigenvalue weighted by atomic mass is 10.3. The molecule has 0 rings (SSSR count). The van der Waals surface area contributed by atoms with Crippen LogP contribution in [0.1, 0.15) is 13.3 Å². The van der Waals surface area contributed by atoms with Gasteiger partial charge in [-0.3, -0.25) is 10.1 Å². The second-order valence-corrected chi connectivity index (χ2v) is 2.28. The topological polar surface area (TPSA) is 89.8 Å². The third kappa shape index (κ3) is 5.78. The summed E-state index contributed by atoms with van der Waals surface area (Å²) in [5.41, 5.74) is 0. The summed E-state index contributed by atoms with van der Waals surface area (Å²) in [6.07, 6.45) is -2.00. The summed E-state index contributed by atoms with van der Waals surface area (Å²) < 4.78 is 0. The molecular weight excluding hydrogens is 150 g/mol. The molecule has 0 radical (unpaired) electrons. The van der Waals surface area contributed by atoms with Crippen molar-refractivity contribution in [2.24, 2.45) is 0 Å². The SMILES string of the molecule is CC(O)C(O)NCCC(=O)O. The van der Waals surface area contributed by atoms with Gasteiger partial charge in [-0.2, -0.15) is 0 Å². The average molecular weight is 163 g/mol. The van der Waals surface area contributed by atoms with Crippen molar-refractivity contribution in [2.45, 2.75) is 25.7 Å². The maximum Gasteiger partial charge on any atom is 0.304 e. The van der Waals surface area contributed by atoms with Crippen molar-refractivity contribution in [2.75, 3.05) is 6.54 Å². The fourth-order valence-electron chi connectivity index (χ4n) is 0.498. The molecule has 0 bridgehead atoms. The predicted octanol–water partition coefficient (Wildman–Crippen LogP) is -1.25. The van der Waals surface area contributed by atoms with Crippen LogP contribution in [0.5, 0.6) is 0 Å². The number of aliphatic carboxylic acids is 1. The standard InChI is InChI=1S/C6H13NO4/c1-4(8)6(11)7-3-2-5(9)10/h4,6-8,11H,2-3H2,1H3,(H,9,10). The van der Waals surface area contributed by atoms with Crippen LogP contribution in [0.15, 0.2) is 0 Å². The molecule has 0 aliphatic carbocycles. The summed E-state index contributed by atoms with van der Waals surface area (Å²) in [4.78, 5) is 9.97. The minimum absolute atomic E-state index is 0.0657. The third-order valence-electron chi connectivity index (χ3n) is 1.15. The van der Waals surface area contributed by atoms with Crippen molar-refractivity contribution >= 4 is 5.97 Å². The van der Waals surface area contributed by atoms with Crippen LogP contribution in [0.25, 0.3) is 0 Å². The van der Waals surface area contributed by atoms with Crippen molar-refractivity contribution in [3.63, 3.8) is 0 Å². The number of carboxylic acids is 1. The van der Waals surface area contributed by atoms with Crippen LogP contribution < -0.4 is 5.32 Å². The van der Waals surface area contributed by atoms with E-state index < -0.39 is 18.3 Å². The van der Waals surface area contributed by atoms with Gasteiger partial charge in [-0.25, -0.2) is 0 Å². The Hall–Kier alpha value is -0.650. The number of carbonyl (C=O) groups is 1. The number of aliphatic hydroxyl groups excluding tert-OH is 2. The van der Waals surface area contributed by atoms with Crippen LogP contribution in [0.3, 0.4) is 0 Å². The Kier molecular flexibility index (Phi) is 4.76. The van der Waals surface area contributed by atoms with Crippen molar-refractivity contribution < 1.29 is 20.1 Å². The van der Waals surface area contributed by atoms with Crippen LogP contribution in [-0.2, 0) is 4.79 Å². The molecule has 0 heterocycles. The average Bonchev–Trinajstić information content (AvgIpc) is 1.86. The molecule has 0 aromatic carbocycles. The van der Waals surface area contributed by atoms with E-state index in [0.29, 0.717) is 0 Å². The minimum Gasteiger partial charge on any atom is -0.481 e. The van der Waals surface area contributed by atoms with E-state index in [9.17, 15) is 4.79 Å². The highest BCUT2D eigenvalue weighted by atomic mass is 16.4. The fourth-order valence-corrected chi connectivity index (χ4v) is 0.498. The van der Waals surface area contributed by atoms with Crippen molar-refractivity contribution in [1.29, 1.82) is 0 Å². The molecule has 0 aliphatic heterocycles. The van der Waals surface area contributed by atoms with Gasteiger partial charge in [-0.15, -0.1) is 0 Å². The molecule has 0 fully saturated rings. The number of rotatable bonds is 5. The molecule has 0 spiro atoms. The Morgan fingerprint density at radius 2 is 2.09 bits per heavy atom. The number of aliphatic hydroxyl groups is 2. The van der Waals surface area contributed by atoms with Gasteiger partial charge in [-0.1, -0.05) is 0 Å². The zero-order valence-corrected chi connectivity index (χ0v) is 6.32. The normalized spacial score (nSPS) is 15.9. The molecule has 11 heavy (non-hydrogen) atoms. The Balaban J connectivity index is 3.31. The van der Waals surface area contributed by atoms with E-state index in [1.807, 2.05) is 0 Å². The highest BCUT2D eigenvalue weighted by Gasteiger charge is 2.09. The van der Waals surface area contributed by atoms with E-state index >= 15 is 0 Å². The fraction of sp³-hybridized carbons (Fsp3) is 0.833. The Labute approximate surface area is 64.7 Å². The summed E-state index contributed by atoms with van der Waals surface area (Å²) in [6, 6.07) is 0. The molecule has 0 amide bonds. The van der Waals surface area contributed by atoms with Gasteiger partial charge in [0.1, 0.15) is 6.23 Å². The van der Waals surface area contributed by atoms with E-state index in [4.69, 9.17) is 15.3 Å². The maximum absolute atomic E-state index is 9.97. The van der Waals surface area contributed by atoms with Crippen LogP contribution >= 0.6 is 0 Å². The number of nitrogens with one attached hydrogen (secondary N) is 1. The monoisotopic (exact) mass is 163 g/mol. The second kappa shape index (κ2) is 5.06. The molecular formula is C6H13NO4. The number of hydrogen-bond acceptors (Lipinski definition) is 4. The lowest BCUT2D eigenvalue weighted by molar-refractivity contribution is -0.137. The van der Waals surface area contributed by atoms with Gasteiger partial charge in [0.2, 0.25) is 0 Å². The van der Waals surface area contributed by atoms with E-state index in [1.54, 1.807) is 0 Å².